The first-order valence-electron chi connectivity index (χ1n) is 8.04. The van der Waals surface area contributed by atoms with E-state index >= 15 is 0 Å². The topological polar surface area (TPSA) is 59.0 Å². The van der Waals surface area contributed by atoms with E-state index in [1.54, 1.807) is 11.2 Å². The maximum atomic E-state index is 12.8. The number of amides is 1. The molecule has 2 heterocycles. The Morgan fingerprint density at radius 1 is 1.46 bits per heavy atom. The molecule has 0 bridgehead atoms. The molecule has 1 aromatic rings. The predicted molar refractivity (Wildman–Crippen MR) is 93.8 cm³/mol. The number of likely N-dealkylation sites (tertiary alicyclic amines) is 1. The Hall–Kier alpha value is -1.53. The van der Waals surface area contributed by atoms with Gasteiger partial charge in [0.15, 0.2) is 0 Å². The summed E-state index contributed by atoms with van der Waals surface area (Å²) in [6.45, 7) is 5.97. The number of piperidine rings is 1. The summed E-state index contributed by atoms with van der Waals surface area (Å²) >= 11 is 3.44. The molecule has 3 rings (SSSR count). The average molecular weight is 396 g/mol. The number of halogens is 1. The summed E-state index contributed by atoms with van der Waals surface area (Å²) in [6.07, 6.45) is 3.51. The van der Waals surface area contributed by atoms with Gasteiger partial charge in [-0.1, -0.05) is 22.0 Å². The second-order valence-electron chi connectivity index (χ2n) is 7.26. The summed E-state index contributed by atoms with van der Waals surface area (Å²) in [5.74, 6) is 0.675. The molecule has 5 nitrogen and oxygen atoms in total. The van der Waals surface area contributed by atoms with Gasteiger partial charge in [0.2, 0.25) is 0 Å². The standard InChI is InChI=1S/C18H22BrNO4/c1-17(2,3)24-16(22)20-8-6-13(21)11-18(20)7-9-23-15-10-12(19)4-5-14(15)18/h4-5,7,9-10,13,21H,6,8,11H2,1-3H3/t13-,18+/m0/s1. The number of aliphatic hydroxyl groups excluding tert-OH is 1. The van der Waals surface area contributed by atoms with Gasteiger partial charge in [-0.3, -0.25) is 4.90 Å². The minimum absolute atomic E-state index is 0.380. The van der Waals surface area contributed by atoms with Crippen LogP contribution >= 0.6 is 15.9 Å². The first kappa shape index (κ1) is 17.3. The number of hydrogen-bond acceptors (Lipinski definition) is 4. The van der Waals surface area contributed by atoms with Gasteiger partial charge in [0.1, 0.15) is 11.4 Å². The minimum atomic E-state index is -0.756. The van der Waals surface area contributed by atoms with Gasteiger partial charge >= 0.3 is 6.09 Å². The third kappa shape index (κ3) is 3.17. The molecule has 0 radical (unpaired) electrons. The molecule has 1 fully saturated rings. The Labute approximate surface area is 150 Å². The molecule has 24 heavy (non-hydrogen) atoms. The maximum absolute atomic E-state index is 12.8. The average Bonchev–Trinajstić information content (AvgIpc) is 2.45. The maximum Gasteiger partial charge on any atom is 0.411 e. The zero-order valence-electron chi connectivity index (χ0n) is 14.1. The van der Waals surface area contributed by atoms with Crippen molar-refractivity contribution >= 4 is 22.0 Å². The number of carbonyl (C=O) groups is 1. The smallest absolute Gasteiger partial charge is 0.411 e. The Bertz CT molecular complexity index is 682. The molecule has 130 valence electrons. The van der Waals surface area contributed by atoms with E-state index in [1.165, 1.54) is 0 Å². The third-order valence-electron chi connectivity index (χ3n) is 4.28. The van der Waals surface area contributed by atoms with E-state index in [1.807, 2.05) is 45.0 Å². The summed E-state index contributed by atoms with van der Waals surface area (Å²) in [5.41, 5.74) is -0.474. The second-order valence-corrected chi connectivity index (χ2v) is 8.18. The lowest BCUT2D eigenvalue weighted by Crippen LogP contribution is -2.56. The van der Waals surface area contributed by atoms with Gasteiger partial charge in [-0.05, 0) is 45.4 Å². The van der Waals surface area contributed by atoms with Gasteiger partial charge < -0.3 is 14.6 Å². The van der Waals surface area contributed by atoms with E-state index in [9.17, 15) is 9.90 Å². The summed E-state index contributed by atoms with van der Waals surface area (Å²) in [7, 11) is 0. The highest BCUT2D eigenvalue weighted by Gasteiger charge is 2.48. The Morgan fingerprint density at radius 3 is 2.92 bits per heavy atom. The van der Waals surface area contributed by atoms with Gasteiger partial charge in [0.25, 0.3) is 0 Å². The number of ether oxygens (including phenoxy) is 2. The lowest BCUT2D eigenvalue weighted by Gasteiger charge is -2.48. The fourth-order valence-electron chi connectivity index (χ4n) is 3.29. The molecule has 0 aliphatic carbocycles. The van der Waals surface area contributed by atoms with E-state index < -0.39 is 17.2 Å². The van der Waals surface area contributed by atoms with E-state index in [4.69, 9.17) is 9.47 Å². The molecule has 1 saturated heterocycles. The molecular formula is C18H22BrNO4. The van der Waals surface area contributed by atoms with Crippen molar-refractivity contribution in [2.45, 2.75) is 50.9 Å². The van der Waals surface area contributed by atoms with Crippen molar-refractivity contribution in [3.63, 3.8) is 0 Å². The summed E-state index contributed by atoms with van der Waals surface area (Å²) in [4.78, 5) is 14.5. The molecule has 1 N–H and O–H groups in total. The molecule has 0 saturated carbocycles. The van der Waals surface area contributed by atoms with Crippen molar-refractivity contribution in [3.8, 4) is 5.75 Å². The third-order valence-corrected chi connectivity index (χ3v) is 4.77. The van der Waals surface area contributed by atoms with Crippen LogP contribution in [0.25, 0.3) is 0 Å². The fraction of sp³-hybridized carbons (Fsp3) is 0.500. The lowest BCUT2D eigenvalue weighted by molar-refractivity contribution is -0.0314. The second kappa shape index (κ2) is 6.08. The number of fused-ring (bicyclic) bond motifs is 2. The monoisotopic (exact) mass is 395 g/mol. The van der Waals surface area contributed by atoms with Crippen LogP contribution in [0.5, 0.6) is 5.75 Å². The number of carbonyl (C=O) groups excluding carboxylic acids is 1. The van der Waals surface area contributed by atoms with Crippen LogP contribution in [0.4, 0.5) is 4.79 Å². The van der Waals surface area contributed by atoms with Crippen LogP contribution in [-0.2, 0) is 10.3 Å². The van der Waals surface area contributed by atoms with Crippen LogP contribution in [0.3, 0.4) is 0 Å². The van der Waals surface area contributed by atoms with Crippen molar-refractivity contribution in [2.75, 3.05) is 6.54 Å². The Balaban J connectivity index is 2.05. The highest BCUT2D eigenvalue weighted by molar-refractivity contribution is 9.10. The number of benzene rings is 1. The molecule has 1 aromatic carbocycles. The lowest BCUT2D eigenvalue weighted by atomic mass is 9.78. The van der Waals surface area contributed by atoms with Gasteiger partial charge in [-0.2, -0.15) is 0 Å². The van der Waals surface area contributed by atoms with Gasteiger partial charge in [-0.15, -0.1) is 0 Å². The highest BCUT2D eigenvalue weighted by Crippen LogP contribution is 2.46. The van der Waals surface area contributed by atoms with E-state index in [2.05, 4.69) is 15.9 Å². The zero-order valence-corrected chi connectivity index (χ0v) is 15.7. The van der Waals surface area contributed by atoms with Crippen LogP contribution in [0.2, 0.25) is 0 Å². The molecule has 2 aliphatic rings. The van der Waals surface area contributed by atoms with Crippen LogP contribution < -0.4 is 4.74 Å². The van der Waals surface area contributed by atoms with E-state index in [0.29, 0.717) is 25.1 Å². The predicted octanol–water partition coefficient (Wildman–Crippen LogP) is 3.94. The van der Waals surface area contributed by atoms with Gasteiger partial charge in [0.05, 0.1) is 17.9 Å². The van der Waals surface area contributed by atoms with Gasteiger partial charge in [0, 0.05) is 23.0 Å². The summed E-state index contributed by atoms with van der Waals surface area (Å²) in [6, 6.07) is 5.71. The first-order chi connectivity index (χ1) is 11.2. The van der Waals surface area contributed by atoms with E-state index in [0.717, 1.165) is 10.0 Å². The van der Waals surface area contributed by atoms with Crippen molar-refractivity contribution < 1.29 is 19.4 Å². The van der Waals surface area contributed by atoms with Crippen LogP contribution in [0.1, 0.15) is 39.2 Å². The van der Waals surface area contributed by atoms with Crippen molar-refractivity contribution in [3.05, 3.63) is 40.6 Å². The molecule has 2 aliphatic heterocycles. The zero-order chi connectivity index (χ0) is 17.5. The summed E-state index contributed by atoms with van der Waals surface area (Å²) < 4.78 is 12.1. The van der Waals surface area contributed by atoms with Crippen molar-refractivity contribution in [2.24, 2.45) is 0 Å². The number of hydrogen-bond donors (Lipinski definition) is 1. The first-order valence-corrected chi connectivity index (χ1v) is 8.84. The quantitative estimate of drug-likeness (QED) is 0.722. The SMILES string of the molecule is CC(C)(C)OC(=O)N1CC[C@H](O)C[C@@]12C=COc1cc(Br)ccc12. The Kier molecular flexibility index (Phi) is 4.38. The Morgan fingerprint density at radius 2 is 2.21 bits per heavy atom. The van der Waals surface area contributed by atoms with Crippen LogP contribution in [-0.4, -0.2) is 34.3 Å². The molecule has 6 heteroatoms. The molecule has 0 aromatic heterocycles. The van der Waals surface area contributed by atoms with Crippen molar-refractivity contribution in [1.29, 1.82) is 0 Å². The number of rotatable bonds is 0. The van der Waals surface area contributed by atoms with Gasteiger partial charge in [-0.25, -0.2) is 4.79 Å². The van der Waals surface area contributed by atoms with E-state index in [-0.39, 0.29) is 6.09 Å². The molecule has 2 atom stereocenters. The number of nitrogens with zero attached hydrogens (tertiary/aromatic N) is 1. The molecule has 1 spiro atoms. The molecule has 0 unspecified atom stereocenters. The minimum Gasteiger partial charge on any atom is -0.465 e. The van der Waals surface area contributed by atoms with Crippen LogP contribution in [0.15, 0.2) is 35.0 Å². The number of aliphatic hydroxyl groups is 1. The highest BCUT2D eigenvalue weighted by atomic mass is 79.9. The summed E-state index contributed by atoms with van der Waals surface area (Å²) in [5, 5.41) is 10.3. The molecule has 1 amide bonds. The van der Waals surface area contributed by atoms with Crippen LogP contribution in [0, 0.1) is 0 Å². The normalized spacial score (nSPS) is 26.0. The largest absolute Gasteiger partial charge is 0.465 e. The fourth-order valence-corrected chi connectivity index (χ4v) is 3.63. The van der Waals surface area contributed by atoms with Crippen molar-refractivity contribution in [1.82, 2.24) is 4.90 Å². The molecular weight excluding hydrogens is 374 g/mol.